The van der Waals surface area contributed by atoms with Gasteiger partial charge < -0.3 is 9.52 Å². The van der Waals surface area contributed by atoms with Gasteiger partial charge in [-0.25, -0.2) is 0 Å². The molecule has 1 N–H and O–H groups in total. The monoisotopic (exact) mass is 404 g/mol. The number of hydrogen-bond acceptors (Lipinski definition) is 6. The van der Waals surface area contributed by atoms with Crippen LogP contribution in [0.1, 0.15) is 36.4 Å². The van der Waals surface area contributed by atoms with E-state index in [0.29, 0.717) is 22.6 Å². The van der Waals surface area contributed by atoms with Crippen molar-refractivity contribution < 1.29 is 23.9 Å². The van der Waals surface area contributed by atoms with E-state index < -0.39 is 11.8 Å². The van der Waals surface area contributed by atoms with Gasteiger partial charge in [-0.05, 0) is 50.1 Å². The van der Waals surface area contributed by atoms with Crippen LogP contribution in [-0.2, 0) is 9.59 Å². The summed E-state index contributed by atoms with van der Waals surface area (Å²) in [7, 11) is 0. The third kappa shape index (κ3) is 4.00. The number of aliphatic hydroxyl groups is 1. The van der Waals surface area contributed by atoms with Crippen molar-refractivity contribution in [1.82, 2.24) is 4.90 Å². The molecule has 1 aliphatic heterocycles. The number of benzene rings is 1. The van der Waals surface area contributed by atoms with Gasteiger partial charge in [0, 0.05) is 29.9 Å². The van der Waals surface area contributed by atoms with Crippen molar-refractivity contribution in [2.75, 3.05) is 13.2 Å². The Morgan fingerprint density at radius 1 is 1.23 bits per heavy atom. The second-order valence-corrected chi connectivity index (χ2v) is 6.85. The minimum Gasteiger partial charge on any atom is -0.457 e. The molecule has 0 radical (unpaired) electrons. The Labute approximate surface area is 173 Å². The summed E-state index contributed by atoms with van der Waals surface area (Å²) in [5.74, 6) is -0.373. The standard InChI is InChI=1S/C23H20N2O5/c1-14-19(22(28)25(9-4-10-26)23(29)20(14)13-24)12-18-7-8-21(30-18)17-6-3-5-16(11-17)15(2)27/h3,5-8,11-12,26H,4,9-10H2,1-2H3/b19-12+. The number of aliphatic hydroxyl groups excluding tert-OH is 1. The first kappa shape index (κ1) is 21.0. The summed E-state index contributed by atoms with van der Waals surface area (Å²) in [6.45, 7) is 2.87. The fraction of sp³-hybridized carbons (Fsp3) is 0.217. The molecule has 7 nitrogen and oxygen atoms in total. The second-order valence-electron chi connectivity index (χ2n) is 6.85. The van der Waals surface area contributed by atoms with Gasteiger partial charge in [0.05, 0.1) is 0 Å². The minimum absolute atomic E-state index is 0.0191. The Hall–Kier alpha value is -3.76. The molecule has 2 heterocycles. The van der Waals surface area contributed by atoms with E-state index in [-0.39, 0.29) is 42.1 Å². The van der Waals surface area contributed by atoms with E-state index in [1.165, 1.54) is 13.0 Å². The van der Waals surface area contributed by atoms with E-state index in [4.69, 9.17) is 9.52 Å². The first-order chi connectivity index (χ1) is 14.4. The quantitative estimate of drug-likeness (QED) is 0.450. The van der Waals surface area contributed by atoms with Gasteiger partial charge in [-0.1, -0.05) is 18.2 Å². The number of Topliss-reactive ketones (excluding diaryl/α,β-unsaturated/α-hetero) is 1. The van der Waals surface area contributed by atoms with Crippen molar-refractivity contribution in [2.24, 2.45) is 0 Å². The predicted octanol–water partition coefficient (Wildman–Crippen LogP) is 3.12. The van der Waals surface area contributed by atoms with Crippen molar-refractivity contribution in [3.63, 3.8) is 0 Å². The van der Waals surface area contributed by atoms with Crippen LogP contribution in [0.2, 0.25) is 0 Å². The summed E-state index contributed by atoms with van der Waals surface area (Å²) in [6.07, 6.45) is 1.71. The highest BCUT2D eigenvalue weighted by atomic mass is 16.3. The van der Waals surface area contributed by atoms with Crippen LogP contribution < -0.4 is 0 Å². The molecule has 7 heteroatoms. The molecular weight excluding hydrogens is 384 g/mol. The Morgan fingerprint density at radius 2 is 2.00 bits per heavy atom. The maximum atomic E-state index is 12.8. The Bertz CT molecular complexity index is 1130. The van der Waals surface area contributed by atoms with E-state index in [0.717, 1.165) is 4.90 Å². The van der Waals surface area contributed by atoms with Gasteiger partial charge in [-0.2, -0.15) is 5.26 Å². The van der Waals surface area contributed by atoms with Crippen LogP contribution in [-0.4, -0.2) is 40.8 Å². The van der Waals surface area contributed by atoms with Crippen LogP contribution in [0.4, 0.5) is 0 Å². The molecule has 2 aromatic rings. The van der Waals surface area contributed by atoms with Crippen molar-refractivity contribution in [2.45, 2.75) is 20.3 Å². The molecule has 1 aliphatic rings. The normalized spacial score (nSPS) is 15.7. The smallest absolute Gasteiger partial charge is 0.271 e. The fourth-order valence-corrected chi connectivity index (χ4v) is 3.18. The maximum Gasteiger partial charge on any atom is 0.271 e. The number of furan rings is 1. The zero-order valence-electron chi connectivity index (χ0n) is 16.6. The van der Waals surface area contributed by atoms with Crippen LogP contribution in [0.15, 0.2) is 57.5 Å². The summed E-state index contributed by atoms with van der Waals surface area (Å²) >= 11 is 0. The number of nitriles is 1. The van der Waals surface area contributed by atoms with Crippen molar-refractivity contribution in [3.05, 3.63) is 64.4 Å². The molecule has 1 aromatic heterocycles. The Kier molecular flexibility index (Phi) is 6.09. The lowest BCUT2D eigenvalue weighted by molar-refractivity contribution is -0.140. The number of carbonyl (C=O) groups is 3. The largest absolute Gasteiger partial charge is 0.457 e. The van der Waals surface area contributed by atoms with Crippen molar-refractivity contribution in [3.8, 4) is 17.4 Å². The molecule has 3 rings (SSSR count). The molecule has 0 saturated heterocycles. The van der Waals surface area contributed by atoms with E-state index in [2.05, 4.69) is 0 Å². The molecule has 0 bridgehead atoms. The second kappa shape index (κ2) is 8.72. The molecule has 0 saturated carbocycles. The van der Waals surface area contributed by atoms with Crippen LogP contribution >= 0.6 is 0 Å². The third-order valence-electron chi connectivity index (χ3n) is 4.83. The number of rotatable bonds is 6. The average molecular weight is 404 g/mol. The van der Waals surface area contributed by atoms with E-state index in [1.54, 1.807) is 37.3 Å². The summed E-state index contributed by atoms with van der Waals surface area (Å²) in [5, 5.41) is 18.4. The highest BCUT2D eigenvalue weighted by Gasteiger charge is 2.35. The molecule has 152 valence electrons. The van der Waals surface area contributed by atoms with Gasteiger partial charge in [-0.15, -0.1) is 0 Å². The van der Waals surface area contributed by atoms with Crippen LogP contribution in [0, 0.1) is 11.3 Å². The van der Waals surface area contributed by atoms with Crippen molar-refractivity contribution >= 4 is 23.7 Å². The van der Waals surface area contributed by atoms with Gasteiger partial charge in [0.15, 0.2) is 5.78 Å². The van der Waals surface area contributed by atoms with Gasteiger partial charge in [0.2, 0.25) is 0 Å². The van der Waals surface area contributed by atoms with Crippen LogP contribution in [0.5, 0.6) is 0 Å². The molecule has 0 atom stereocenters. The van der Waals surface area contributed by atoms with Crippen LogP contribution in [0.25, 0.3) is 17.4 Å². The molecular formula is C23H20N2O5. The molecule has 0 unspecified atom stereocenters. The Morgan fingerprint density at radius 3 is 2.67 bits per heavy atom. The first-order valence-electron chi connectivity index (χ1n) is 9.38. The lowest BCUT2D eigenvalue weighted by Crippen LogP contribution is -2.43. The molecule has 0 aliphatic carbocycles. The molecule has 0 spiro atoms. The zero-order chi connectivity index (χ0) is 21.8. The van der Waals surface area contributed by atoms with Gasteiger partial charge in [0.1, 0.15) is 23.2 Å². The lowest BCUT2D eigenvalue weighted by atomic mass is 9.94. The molecule has 2 amide bonds. The van der Waals surface area contributed by atoms with Crippen molar-refractivity contribution in [1.29, 1.82) is 5.26 Å². The number of nitrogens with zero attached hydrogens (tertiary/aromatic N) is 2. The number of carbonyl (C=O) groups excluding carboxylic acids is 3. The molecule has 0 fully saturated rings. The predicted molar refractivity (Wildman–Crippen MR) is 109 cm³/mol. The van der Waals surface area contributed by atoms with E-state index in [9.17, 15) is 19.6 Å². The zero-order valence-corrected chi connectivity index (χ0v) is 16.6. The van der Waals surface area contributed by atoms with Crippen LogP contribution in [0.3, 0.4) is 0 Å². The average Bonchev–Trinajstić information content (AvgIpc) is 3.20. The summed E-state index contributed by atoms with van der Waals surface area (Å²) in [6, 6.07) is 12.3. The highest BCUT2D eigenvalue weighted by molar-refractivity contribution is 6.19. The third-order valence-corrected chi connectivity index (χ3v) is 4.83. The fourth-order valence-electron chi connectivity index (χ4n) is 3.18. The van der Waals surface area contributed by atoms with Gasteiger partial charge in [0.25, 0.3) is 11.8 Å². The van der Waals surface area contributed by atoms with E-state index >= 15 is 0 Å². The lowest BCUT2D eigenvalue weighted by Gasteiger charge is -2.27. The number of hydrogen-bond donors (Lipinski definition) is 1. The summed E-state index contributed by atoms with van der Waals surface area (Å²) in [4.78, 5) is 37.8. The van der Waals surface area contributed by atoms with Gasteiger partial charge in [-0.3, -0.25) is 19.3 Å². The summed E-state index contributed by atoms with van der Waals surface area (Å²) in [5.41, 5.74) is 1.63. The maximum absolute atomic E-state index is 12.8. The van der Waals surface area contributed by atoms with E-state index in [1.807, 2.05) is 12.1 Å². The Balaban J connectivity index is 2.00. The number of imide groups is 1. The highest BCUT2D eigenvalue weighted by Crippen LogP contribution is 2.29. The molecule has 30 heavy (non-hydrogen) atoms. The first-order valence-corrected chi connectivity index (χ1v) is 9.38. The van der Waals surface area contributed by atoms with Gasteiger partial charge >= 0.3 is 0 Å². The minimum atomic E-state index is -0.660. The number of ketones is 1. The molecule has 1 aromatic carbocycles. The topological polar surface area (TPSA) is 112 Å². The summed E-state index contributed by atoms with van der Waals surface area (Å²) < 4.78 is 5.83. The SMILES string of the molecule is CC(=O)c1cccc(-c2ccc(/C=C3/C(=O)N(CCCO)C(=O)C(C#N)=C3C)o2)c1. The number of amides is 2.